The fourth-order valence-electron chi connectivity index (χ4n) is 1.32. The number of pyridine rings is 1. The Balaban J connectivity index is 2.36. The number of aliphatic hydroxyl groups is 1. The van der Waals surface area contributed by atoms with E-state index < -0.39 is 6.10 Å². The Morgan fingerprint density at radius 1 is 1.59 bits per heavy atom. The summed E-state index contributed by atoms with van der Waals surface area (Å²) in [6, 6.07) is 3.56. The number of rotatable bonds is 3. The van der Waals surface area contributed by atoms with Gasteiger partial charge in [-0.3, -0.25) is 4.57 Å². The first-order valence-corrected chi connectivity index (χ1v) is 5.83. The summed E-state index contributed by atoms with van der Waals surface area (Å²) in [5, 5.41) is 17.0. The summed E-state index contributed by atoms with van der Waals surface area (Å²) >= 11 is 1.24. The molecule has 6 nitrogen and oxygen atoms in total. The van der Waals surface area contributed by atoms with Crippen LogP contribution < -0.4 is 5.69 Å². The third kappa shape index (κ3) is 2.40. The smallest absolute Gasteiger partial charge is 0.343 e. The average molecular weight is 252 g/mol. The maximum absolute atomic E-state index is 11.2. The van der Waals surface area contributed by atoms with Crippen molar-refractivity contribution in [2.24, 2.45) is 7.05 Å². The summed E-state index contributed by atoms with van der Waals surface area (Å²) in [6.07, 6.45) is 1.03. The average Bonchev–Trinajstić information content (AvgIpc) is 2.61. The van der Waals surface area contributed by atoms with Gasteiger partial charge >= 0.3 is 5.69 Å². The Kier molecular flexibility index (Phi) is 3.30. The monoisotopic (exact) mass is 252 g/mol. The van der Waals surface area contributed by atoms with Crippen LogP contribution >= 0.6 is 11.8 Å². The molecule has 2 N–H and O–H groups in total. The third-order valence-electron chi connectivity index (χ3n) is 2.28. The summed E-state index contributed by atoms with van der Waals surface area (Å²) in [6.45, 7) is 1.67. The highest BCUT2D eigenvalue weighted by molar-refractivity contribution is 7.99. The van der Waals surface area contributed by atoms with Crippen LogP contribution in [-0.4, -0.2) is 24.9 Å². The second kappa shape index (κ2) is 4.72. The molecular formula is C10H12N4O2S. The number of nitrogens with zero attached hydrogens (tertiary/aromatic N) is 3. The molecule has 1 atom stereocenters. The van der Waals surface area contributed by atoms with Gasteiger partial charge < -0.3 is 5.11 Å². The SMILES string of the molecule is C[C@H](O)c1cccnc1Sc1n[nH]c(=O)n1C. The molecule has 2 rings (SSSR count). The number of nitrogens with one attached hydrogen (secondary N) is 1. The maximum atomic E-state index is 11.2. The number of H-pyrrole nitrogens is 1. The zero-order chi connectivity index (χ0) is 12.4. The van der Waals surface area contributed by atoms with E-state index in [4.69, 9.17) is 0 Å². The van der Waals surface area contributed by atoms with Crippen molar-refractivity contribution in [1.82, 2.24) is 19.7 Å². The molecule has 0 saturated heterocycles. The van der Waals surface area contributed by atoms with Gasteiger partial charge in [-0.25, -0.2) is 14.9 Å². The molecule has 0 aromatic carbocycles. The van der Waals surface area contributed by atoms with Crippen LogP contribution in [0.5, 0.6) is 0 Å². The lowest BCUT2D eigenvalue weighted by Gasteiger charge is -2.08. The minimum atomic E-state index is -0.609. The van der Waals surface area contributed by atoms with Crippen LogP contribution in [0.4, 0.5) is 0 Å². The summed E-state index contributed by atoms with van der Waals surface area (Å²) in [7, 11) is 1.62. The van der Waals surface area contributed by atoms with Gasteiger partial charge in [-0.05, 0) is 24.8 Å². The molecule has 0 aliphatic heterocycles. The molecule has 0 fully saturated rings. The molecule has 0 spiro atoms. The summed E-state index contributed by atoms with van der Waals surface area (Å²) in [5.41, 5.74) is 0.440. The van der Waals surface area contributed by atoms with E-state index in [1.165, 1.54) is 16.3 Å². The maximum Gasteiger partial charge on any atom is 0.343 e. The van der Waals surface area contributed by atoms with E-state index >= 15 is 0 Å². The first kappa shape index (κ1) is 11.9. The van der Waals surface area contributed by atoms with E-state index in [1.54, 1.807) is 32.3 Å². The minimum Gasteiger partial charge on any atom is -0.389 e. The summed E-state index contributed by atoms with van der Waals surface area (Å²) in [4.78, 5) is 15.4. The van der Waals surface area contributed by atoms with Crippen molar-refractivity contribution in [3.63, 3.8) is 0 Å². The van der Waals surface area contributed by atoms with Crippen molar-refractivity contribution in [3.05, 3.63) is 34.4 Å². The van der Waals surface area contributed by atoms with E-state index in [1.807, 2.05) is 0 Å². The zero-order valence-corrected chi connectivity index (χ0v) is 10.2. The van der Waals surface area contributed by atoms with E-state index in [-0.39, 0.29) is 5.69 Å². The second-order valence-electron chi connectivity index (χ2n) is 3.55. The van der Waals surface area contributed by atoms with Crippen molar-refractivity contribution in [1.29, 1.82) is 0 Å². The van der Waals surface area contributed by atoms with Crippen LogP contribution in [0.15, 0.2) is 33.3 Å². The lowest BCUT2D eigenvalue weighted by Crippen LogP contribution is -2.13. The topological polar surface area (TPSA) is 83.8 Å². The second-order valence-corrected chi connectivity index (χ2v) is 4.50. The fraction of sp³-hybridized carbons (Fsp3) is 0.300. The van der Waals surface area contributed by atoms with Crippen molar-refractivity contribution < 1.29 is 5.11 Å². The Labute approximate surface area is 102 Å². The first-order valence-electron chi connectivity index (χ1n) is 5.02. The highest BCUT2D eigenvalue weighted by Gasteiger charge is 2.13. The number of aromatic nitrogens is 4. The largest absolute Gasteiger partial charge is 0.389 e. The normalized spacial score (nSPS) is 12.6. The van der Waals surface area contributed by atoms with Crippen LogP contribution in [0.25, 0.3) is 0 Å². The zero-order valence-electron chi connectivity index (χ0n) is 9.41. The molecule has 17 heavy (non-hydrogen) atoms. The van der Waals surface area contributed by atoms with Crippen LogP contribution in [0.3, 0.4) is 0 Å². The Morgan fingerprint density at radius 3 is 2.94 bits per heavy atom. The predicted molar refractivity (Wildman–Crippen MR) is 62.8 cm³/mol. The Morgan fingerprint density at radius 2 is 2.35 bits per heavy atom. The van der Waals surface area contributed by atoms with Crippen molar-refractivity contribution >= 4 is 11.8 Å². The van der Waals surface area contributed by atoms with Gasteiger partial charge in [0.05, 0.1) is 6.10 Å². The van der Waals surface area contributed by atoms with Gasteiger partial charge in [0.2, 0.25) is 0 Å². The van der Waals surface area contributed by atoms with Crippen LogP contribution in [-0.2, 0) is 7.05 Å². The highest BCUT2D eigenvalue weighted by atomic mass is 32.2. The number of aliphatic hydroxyl groups excluding tert-OH is 1. The lowest BCUT2D eigenvalue weighted by molar-refractivity contribution is 0.195. The highest BCUT2D eigenvalue weighted by Crippen LogP contribution is 2.29. The molecular weight excluding hydrogens is 240 g/mol. The van der Waals surface area contributed by atoms with Gasteiger partial charge in [-0.1, -0.05) is 6.07 Å². The number of hydrogen-bond donors (Lipinski definition) is 2. The number of hydrogen-bond acceptors (Lipinski definition) is 5. The summed E-state index contributed by atoms with van der Waals surface area (Å²) < 4.78 is 1.39. The Bertz CT molecular complexity index is 576. The number of aromatic amines is 1. The molecule has 0 aliphatic rings. The van der Waals surface area contributed by atoms with Crippen LogP contribution in [0.2, 0.25) is 0 Å². The standard InChI is InChI=1S/C10H12N4O2S/c1-6(15)7-4-3-5-11-8(7)17-10-13-12-9(16)14(10)2/h3-6,15H,1-2H3,(H,12,16)/t6-/m0/s1. The van der Waals surface area contributed by atoms with Gasteiger partial charge in [-0.15, -0.1) is 5.10 Å². The molecule has 0 unspecified atom stereocenters. The van der Waals surface area contributed by atoms with Gasteiger partial charge in [0, 0.05) is 18.8 Å². The summed E-state index contributed by atoms with van der Waals surface area (Å²) in [5.74, 6) is 0. The molecule has 90 valence electrons. The van der Waals surface area contributed by atoms with Crippen molar-refractivity contribution in [2.45, 2.75) is 23.2 Å². The predicted octanol–water partition coefficient (Wildman–Crippen LogP) is 0.708. The van der Waals surface area contributed by atoms with E-state index in [2.05, 4.69) is 15.2 Å². The third-order valence-corrected chi connectivity index (χ3v) is 3.36. The minimum absolute atomic E-state index is 0.276. The van der Waals surface area contributed by atoms with E-state index in [0.29, 0.717) is 15.7 Å². The molecule has 7 heteroatoms. The fourth-order valence-corrected chi connectivity index (χ4v) is 2.27. The van der Waals surface area contributed by atoms with E-state index in [9.17, 15) is 9.90 Å². The molecule has 2 aromatic rings. The van der Waals surface area contributed by atoms with E-state index in [0.717, 1.165) is 0 Å². The molecule has 0 bridgehead atoms. The van der Waals surface area contributed by atoms with Gasteiger partial charge in [-0.2, -0.15) is 0 Å². The van der Waals surface area contributed by atoms with Gasteiger partial charge in [0.1, 0.15) is 5.03 Å². The lowest BCUT2D eigenvalue weighted by atomic mass is 10.2. The molecule has 0 radical (unpaired) electrons. The van der Waals surface area contributed by atoms with Gasteiger partial charge in [0.15, 0.2) is 5.16 Å². The molecule has 0 saturated carbocycles. The molecule has 2 aromatic heterocycles. The first-order chi connectivity index (χ1) is 8.09. The quantitative estimate of drug-likeness (QED) is 0.840. The van der Waals surface area contributed by atoms with Crippen molar-refractivity contribution in [2.75, 3.05) is 0 Å². The molecule has 0 amide bonds. The molecule has 2 heterocycles. The Hall–Kier alpha value is -1.60. The van der Waals surface area contributed by atoms with Crippen LogP contribution in [0, 0.1) is 0 Å². The molecule has 0 aliphatic carbocycles. The van der Waals surface area contributed by atoms with Gasteiger partial charge in [0.25, 0.3) is 0 Å². The van der Waals surface area contributed by atoms with Crippen molar-refractivity contribution in [3.8, 4) is 0 Å². The van der Waals surface area contributed by atoms with Crippen LogP contribution in [0.1, 0.15) is 18.6 Å².